The van der Waals surface area contributed by atoms with E-state index < -0.39 is 28.1 Å². The van der Waals surface area contributed by atoms with Crippen molar-refractivity contribution < 1.29 is 27.8 Å². The van der Waals surface area contributed by atoms with Crippen LogP contribution in [0.25, 0.3) is 0 Å². The highest BCUT2D eigenvalue weighted by molar-refractivity contribution is 7.89. The molecular formula is C15H19NO6S. The van der Waals surface area contributed by atoms with E-state index in [0.717, 1.165) is 21.9 Å². The zero-order chi connectivity index (χ0) is 16.6. The van der Waals surface area contributed by atoms with Crippen LogP contribution in [0.4, 0.5) is 0 Å². The number of benzene rings is 1. The van der Waals surface area contributed by atoms with Gasteiger partial charge < -0.3 is 14.6 Å². The first-order valence-corrected chi connectivity index (χ1v) is 8.91. The molecule has 126 valence electrons. The number of ether oxygens (including phenoxy) is 2. The van der Waals surface area contributed by atoms with Crippen LogP contribution in [-0.2, 0) is 37.3 Å². The van der Waals surface area contributed by atoms with Gasteiger partial charge in [-0.25, -0.2) is 8.42 Å². The number of nitrogens with zero attached hydrogens (tertiary/aromatic N) is 1. The van der Waals surface area contributed by atoms with Crippen LogP contribution in [0.5, 0.6) is 0 Å². The van der Waals surface area contributed by atoms with Crippen molar-refractivity contribution >= 4 is 16.0 Å². The predicted octanol–water partition coefficient (Wildman–Crippen LogP) is 0.622. The number of carbonyl (C=O) groups is 1. The van der Waals surface area contributed by atoms with Crippen molar-refractivity contribution in [3.8, 4) is 0 Å². The Hall–Kier alpha value is -1.48. The number of hydrogen-bond acceptors (Lipinski definition) is 5. The fourth-order valence-corrected chi connectivity index (χ4v) is 4.70. The van der Waals surface area contributed by atoms with Crippen LogP contribution < -0.4 is 0 Å². The topological polar surface area (TPSA) is 93.1 Å². The molecule has 0 unspecified atom stereocenters. The molecular weight excluding hydrogens is 322 g/mol. The minimum atomic E-state index is -3.91. The number of carboxylic acids is 1. The van der Waals surface area contributed by atoms with Crippen molar-refractivity contribution in [1.29, 1.82) is 0 Å². The molecule has 8 heteroatoms. The minimum absolute atomic E-state index is 0.0250. The second-order valence-electron chi connectivity index (χ2n) is 5.71. The summed E-state index contributed by atoms with van der Waals surface area (Å²) in [5.74, 6) is -1.21. The highest BCUT2D eigenvalue weighted by atomic mass is 32.2. The molecule has 2 aliphatic heterocycles. The first-order chi connectivity index (χ1) is 10.9. The Morgan fingerprint density at radius 3 is 2.83 bits per heavy atom. The van der Waals surface area contributed by atoms with Gasteiger partial charge in [0.1, 0.15) is 6.04 Å². The van der Waals surface area contributed by atoms with E-state index in [-0.39, 0.29) is 18.0 Å². The zero-order valence-corrected chi connectivity index (χ0v) is 13.6. The molecule has 1 aromatic rings. The van der Waals surface area contributed by atoms with Crippen molar-refractivity contribution in [2.45, 2.75) is 37.0 Å². The molecule has 1 saturated heterocycles. The van der Waals surface area contributed by atoms with E-state index in [1.165, 1.54) is 0 Å². The van der Waals surface area contributed by atoms with Gasteiger partial charge in [0.15, 0.2) is 0 Å². The smallest absolute Gasteiger partial charge is 0.324 e. The third-order valence-corrected chi connectivity index (χ3v) is 6.13. The van der Waals surface area contributed by atoms with Crippen LogP contribution in [0.15, 0.2) is 23.1 Å². The van der Waals surface area contributed by atoms with Crippen LogP contribution in [0.3, 0.4) is 0 Å². The Morgan fingerprint density at radius 2 is 2.09 bits per heavy atom. The van der Waals surface area contributed by atoms with Gasteiger partial charge in [-0.05, 0) is 36.6 Å². The van der Waals surface area contributed by atoms with Crippen LogP contribution >= 0.6 is 0 Å². The first kappa shape index (κ1) is 16.4. The van der Waals surface area contributed by atoms with Crippen molar-refractivity contribution in [2.75, 3.05) is 19.8 Å². The molecule has 3 rings (SSSR count). The van der Waals surface area contributed by atoms with Gasteiger partial charge in [0.25, 0.3) is 0 Å². The quantitative estimate of drug-likeness (QED) is 0.866. The summed E-state index contributed by atoms with van der Waals surface area (Å²) in [5.41, 5.74) is 1.91. The third-order valence-electron chi connectivity index (χ3n) is 4.26. The van der Waals surface area contributed by atoms with E-state index >= 15 is 0 Å². The largest absolute Gasteiger partial charge is 0.480 e. The second-order valence-corrected chi connectivity index (χ2v) is 7.60. The molecule has 2 atom stereocenters. The van der Waals surface area contributed by atoms with Gasteiger partial charge in [-0.1, -0.05) is 6.07 Å². The highest BCUT2D eigenvalue weighted by Gasteiger charge is 2.42. The monoisotopic (exact) mass is 341 g/mol. The summed E-state index contributed by atoms with van der Waals surface area (Å²) in [6.07, 6.45) is 0.0547. The Labute approximate surface area is 134 Å². The Bertz CT molecular complexity index is 717. The normalized spacial score (nSPS) is 25.8. The molecule has 7 nitrogen and oxygen atoms in total. The molecule has 1 aromatic carbocycles. The molecule has 1 N–H and O–H groups in total. The number of fused-ring (bicyclic) bond motifs is 1. The molecule has 2 heterocycles. The standard InChI is InChI=1S/C15H19NO6S/c1-10-14(15(17)18)16(5-7-22-10)23(19,20)13-3-2-11-4-6-21-9-12(11)8-13/h2-3,8,10,14H,4-7,9H2,1H3,(H,17,18)/t10-,14+/m0/s1. The summed E-state index contributed by atoms with van der Waals surface area (Å²) in [6, 6.07) is 3.69. The van der Waals surface area contributed by atoms with Gasteiger partial charge in [0.05, 0.1) is 30.8 Å². The van der Waals surface area contributed by atoms with Gasteiger partial charge >= 0.3 is 5.97 Å². The number of aliphatic carboxylic acids is 1. The van der Waals surface area contributed by atoms with Crippen LogP contribution in [-0.4, -0.2) is 55.7 Å². The molecule has 23 heavy (non-hydrogen) atoms. The molecule has 0 aromatic heterocycles. The average molecular weight is 341 g/mol. The van der Waals surface area contributed by atoms with Gasteiger partial charge in [-0.2, -0.15) is 4.31 Å². The number of carboxylic acid groups (broad SMARTS) is 1. The molecule has 1 fully saturated rings. The fraction of sp³-hybridized carbons (Fsp3) is 0.533. The van der Waals surface area contributed by atoms with E-state index in [4.69, 9.17) is 9.47 Å². The van der Waals surface area contributed by atoms with E-state index in [1.807, 2.05) is 0 Å². The number of sulfonamides is 1. The van der Waals surface area contributed by atoms with Crippen LogP contribution in [0, 0.1) is 0 Å². The van der Waals surface area contributed by atoms with E-state index in [9.17, 15) is 18.3 Å². The first-order valence-electron chi connectivity index (χ1n) is 7.47. The lowest BCUT2D eigenvalue weighted by Gasteiger charge is -2.36. The number of hydrogen-bond donors (Lipinski definition) is 1. The summed E-state index contributed by atoms with van der Waals surface area (Å²) in [7, 11) is -3.91. The van der Waals surface area contributed by atoms with Crippen LogP contribution in [0.2, 0.25) is 0 Å². The van der Waals surface area contributed by atoms with Gasteiger partial charge in [0, 0.05) is 6.54 Å². The summed E-state index contributed by atoms with van der Waals surface area (Å²) in [6.45, 7) is 2.78. The average Bonchev–Trinajstić information content (AvgIpc) is 2.53. The SMILES string of the molecule is C[C@@H]1OCCN(S(=O)(=O)c2ccc3c(c2)COCC3)[C@H]1C(=O)O. The fourth-order valence-electron chi connectivity index (χ4n) is 3.03. The Kier molecular flexibility index (Phi) is 4.41. The number of morpholine rings is 1. The van der Waals surface area contributed by atoms with E-state index in [0.29, 0.717) is 13.2 Å². The lowest BCUT2D eigenvalue weighted by atomic mass is 10.0. The molecule has 0 amide bonds. The van der Waals surface area contributed by atoms with Gasteiger partial charge in [-0.15, -0.1) is 0 Å². The summed E-state index contributed by atoms with van der Waals surface area (Å²) in [5, 5.41) is 9.38. The maximum absolute atomic E-state index is 12.9. The Morgan fingerprint density at radius 1 is 1.30 bits per heavy atom. The maximum atomic E-state index is 12.9. The van der Waals surface area contributed by atoms with Gasteiger partial charge in [0.2, 0.25) is 10.0 Å². The van der Waals surface area contributed by atoms with Crippen molar-refractivity contribution in [2.24, 2.45) is 0 Å². The molecule has 0 saturated carbocycles. The van der Waals surface area contributed by atoms with E-state index in [2.05, 4.69) is 0 Å². The molecule has 0 spiro atoms. The lowest BCUT2D eigenvalue weighted by molar-refractivity contribution is -0.150. The third kappa shape index (κ3) is 2.99. The summed E-state index contributed by atoms with van der Waals surface area (Å²) < 4.78 is 37.5. The van der Waals surface area contributed by atoms with Crippen molar-refractivity contribution in [1.82, 2.24) is 4.31 Å². The highest BCUT2D eigenvalue weighted by Crippen LogP contribution is 2.27. The molecule has 2 aliphatic rings. The summed E-state index contributed by atoms with van der Waals surface area (Å²) in [4.78, 5) is 11.6. The second kappa shape index (κ2) is 6.20. The molecule has 0 bridgehead atoms. The van der Waals surface area contributed by atoms with Gasteiger partial charge in [-0.3, -0.25) is 4.79 Å². The zero-order valence-electron chi connectivity index (χ0n) is 12.8. The number of rotatable bonds is 3. The van der Waals surface area contributed by atoms with Crippen LogP contribution in [0.1, 0.15) is 18.1 Å². The van der Waals surface area contributed by atoms with Crippen molar-refractivity contribution in [3.05, 3.63) is 29.3 Å². The molecule has 0 radical (unpaired) electrons. The lowest BCUT2D eigenvalue weighted by Crippen LogP contribution is -2.56. The van der Waals surface area contributed by atoms with Crippen molar-refractivity contribution in [3.63, 3.8) is 0 Å². The molecule has 0 aliphatic carbocycles. The van der Waals surface area contributed by atoms with E-state index in [1.54, 1.807) is 25.1 Å². The maximum Gasteiger partial charge on any atom is 0.324 e. The Balaban J connectivity index is 1.98. The minimum Gasteiger partial charge on any atom is -0.480 e. The summed E-state index contributed by atoms with van der Waals surface area (Å²) >= 11 is 0. The predicted molar refractivity (Wildman–Crippen MR) is 80.5 cm³/mol.